The molecule has 2 heterocycles. The molecule has 3 N–H and O–H groups in total. The zero-order valence-corrected chi connectivity index (χ0v) is 11.3. The van der Waals surface area contributed by atoms with Crippen molar-refractivity contribution in [1.29, 1.82) is 0 Å². The molecular weight excluding hydrogens is 250 g/mol. The Bertz CT molecular complexity index is 683. The van der Waals surface area contributed by atoms with Crippen molar-refractivity contribution in [3.63, 3.8) is 0 Å². The average Bonchev–Trinajstić information content (AvgIpc) is 3.16. The molecule has 3 rings (SSSR count). The lowest BCUT2D eigenvalue weighted by atomic mass is 10.1. The summed E-state index contributed by atoms with van der Waals surface area (Å²) in [5.41, 5.74) is 9.22. The van der Waals surface area contributed by atoms with Gasteiger partial charge in [0.25, 0.3) is 0 Å². The molecule has 1 atom stereocenters. The van der Waals surface area contributed by atoms with Gasteiger partial charge in [-0.3, -0.25) is 4.68 Å². The SMILES string of the molecule is CCn1cc(-c2cnc(C(N)c3ccccc3)[nH]2)cn1. The summed E-state index contributed by atoms with van der Waals surface area (Å²) in [4.78, 5) is 7.66. The Balaban J connectivity index is 1.86. The lowest BCUT2D eigenvalue weighted by molar-refractivity contribution is 0.660. The highest BCUT2D eigenvalue weighted by Gasteiger charge is 2.13. The van der Waals surface area contributed by atoms with E-state index in [4.69, 9.17) is 5.73 Å². The molecule has 0 saturated heterocycles. The molecule has 0 amide bonds. The number of hydrogen-bond donors (Lipinski definition) is 2. The van der Waals surface area contributed by atoms with Gasteiger partial charge in [0.2, 0.25) is 0 Å². The fraction of sp³-hybridized carbons (Fsp3) is 0.200. The number of aromatic amines is 1. The second-order valence-electron chi connectivity index (χ2n) is 4.66. The molecule has 0 aliphatic carbocycles. The number of nitrogens with zero attached hydrogens (tertiary/aromatic N) is 3. The van der Waals surface area contributed by atoms with Crippen molar-refractivity contribution in [2.24, 2.45) is 5.73 Å². The smallest absolute Gasteiger partial charge is 0.128 e. The molecule has 0 saturated carbocycles. The third-order valence-electron chi connectivity index (χ3n) is 3.32. The second kappa shape index (κ2) is 5.30. The number of aromatic nitrogens is 4. The summed E-state index contributed by atoms with van der Waals surface area (Å²) in [6, 6.07) is 9.69. The number of nitrogens with two attached hydrogens (primary N) is 1. The maximum atomic E-state index is 6.22. The number of H-pyrrole nitrogens is 1. The zero-order chi connectivity index (χ0) is 13.9. The van der Waals surface area contributed by atoms with E-state index in [-0.39, 0.29) is 6.04 Å². The van der Waals surface area contributed by atoms with Crippen molar-refractivity contribution in [2.45, 2.75) is 19.5 Å². The highest BCUT2D eigenvalue weighted by molar-refractivity contribution is 5.56. The molecule has 1 aromatic carbocycles. The van der Waals surface area contributed by atoms with Gasteiger partial charge in [0, 0.05) is 18.3 Å². The van der Waals surface area contributed by atoms with Gasteiger partial charge in [0.05, 0.1) is 24.1 Å². The van der Waals surface area contributed by atoms with Crippen LogP contribution in [0.25, 0.3) is 11.3 Å². The first kappa shape index (κ1) is 12.6. The fourth-order valence-corrected chi connectivity index (χ4v) is 2.14. The first-order valence-electron chi connectivity index (χ1n) is 6.66. The lowest BCUT2D eigenvalue weighted by Gasteiger charge is -2.08. The average molecular weight is 267 g/mol. The number of benzene rings is 1. The van der Waals surface area contributed by atoms with Crippen molar-refractivity contribution in [1.82, 2.24) is 19.7 Å². The summed E-state index contributed by atoms with van der Waals surface area (Å²) in [5, 5.41) is 4.26. The van der Waals surface area contributed by atoms with Crippen LogP contribution in [0.3, 0.4) is 0 Å². The number of rotatable bonds is 4. The van der Waals surface area contributed by atoms with Gasteiger partial charge in [-0.05, 0) is 12.5 Å². The molecule has 3 aromatic rings. The predicted molar refractivity (Wildman–Crippen MR) is 78.0 cm³/mol. The largest absolute Gasteiger partial charge is 0.340 e. The van der Waals surface area contributed by atoms with Crippen molar-refractivity contribution in [3.05, 3.63) is 60.3 Å². The van der Waals surface area contributed by atoms with Crippen LogP contribution in [0.1, 0.15) is 24.4 Å². The Morgan fingerprint density at radius 1 is 1.25 bits per heavy atom. The van der Waals surface area contributed by atoms with Crippen LogP contribution in [0, 0.1) is 0 Å². The molecule has 0 radical (unpaired) electrons. The fourth-order valence-electron chi connectivity index (χ4n) is 2.14. The van der Waals surface area contributed by atoms with Gasteiger partial charge in [0.15, 0.2) is 0 Å². The summed E-state index contributed by atoms with van der Waals surface area (Å²) in [5.74, 6) is 0.760. The van der Waals surface area contributed by atoms with E-state index in [1.807, 2.05) is 47.4 Å². The maximum absolute atomic E-state index is 6.22. The van der Waals surface area contributed by atoms with E-state index >= 15 is 0 Å². The Kier molecular flexibility index (Phi) is 3.35. The minimum absolute atomic E-state index is 0.244. The van der Waals surface area contributed by atoms with Gasteiger partial charge in [-0.2, -0.15) is 5.10 Å². The van der Waals surface area contributed by atoms with E-state index in [1.54, 1.807) is 6.20 Å². The van der Waals surface area contributed by atoms with E-state index in [2.05, 4.69) is 22.0 Å². The van der Waals surface area contributed by atoms with Crippen LogP contribution < -0.4 is 5.73 Å². The quantitative estimate of drug-likeness (QED) is 0.762. The van der Waals surface area contributed by atoms with Crippen LogP contribution in [0.2, 0.25) is 0 Å². The third-order valence-corrected chi connectivity index (χ3v) is 3.32. The van der Waals surface area contributed by atoms with Gasteiger partial charge < -0.3 is 10.7 Å². The first-order chi connectivity index (χ1) is 9.78. The highest BCUT2D eigenvalue weighted by atomic mass is 15.3. The Morgan fingerprint density at radius 2 is 2.05 bits per heavy atom. The molecule has 102 valence electrons. The van der Waals surface area contributed by atoms with Crippen LogP contribution in [-0.2, 0) is 6.54 Å². The van der Waals surface area contributed by atoms with E-state index < -0.39 is 0 Å². The van der Waals surface area contributed by atoms with Gasteiger partial charge in [-0.1, -0.05) is 30.3 Å². The molecule has 0 spiro atoms. The zero-order valence-electron chi connectivity index (χ0n) is 11.3. The molecule has 0 fully saturated rings. The maximum Gasteiger partial charge on any atom is 0.128 e. The molecule has 0 aliphatic rings. The Labute approximate surface area is 117 Å². The van der Waals surface area contributed by atoms with Gasteiger partial charge in [-0.25, -0.2) is 4.98 Å². The van der Waals surface area contributed by atoms with E-state index in [9.17, 15) is 0 Å². The number of aryl methyl sites for hydroxylation is 1. The van der Waals surface area contributed by atoms with Gasteiger partial charge >= 0.3 is 0 Å². The van der Waals surface area contributed by atoms with Crippen LogP contribution in [0.4, 0.5) is 0 Å². The first-order valence-corrected chi connectivity index (χ1v) is 6.66. The van der Waals surface area contributed by atoms with Crippen molar-refractivity contribution < 1.29 is 0 Å². The minimum Gasteiger partial charge on any atom is -0.340 e. The van der Waals surface area contributed by atoms with Crippen LogP contribution >= 0.6 is 0 Å². The van der Waals surface area contributed by atoms with E-state index in [0.717, 1.165) is 29.2 Å². The second-order valence-corrected chi connectivity index (χ2v) is 4.66. The van der Waals surface area contributed by atoms with E-state index in [0.29, 0.717) is 0 Å². The van der Waals surface area contributed by atoms with Crippen LogP contribution in [0.15, 0.2) is 48.9 Å². The Hall–Kier alpha value is -2.40. The van der Waals surface area contributed by atoms with Gasteiger partial charge in [-0.15, -0.1) is 0 Å². The molecule has 20 heavy (non-hydrogen) atoms. The summed E-state index contributed by atoms with van der Waals surface area (Å²) >= 11 is 0. The molecule has 1 unspecified atom stereocenters. The molecular formula is C15H17N5. The monoisotopic (exact) mass is 267 g/mol. The predicted octanol–water partition coefficient (Wildman–Crippen LogP) is 2.34. The van der Waals surface area contributed by atoms with Crippen molar-refractivity contribution >= 4 is 0 Å². The lowest BCUT2D eigenvalue weighted by Crippen LogP contribution is -2.13. The Morgan fingerprint density at radius 3 is 2.75 bits per heavy atom. The van der Waals surface area contributed by atoms with E-state index in [1.165, 1.54) is 0 Å². The molecule has 5 nitrogen and oxygen atoms in total. The molecule has 5 heteroatoms. The standard InChI is InChI=1S/C15H17N5/c1-2-20-10-12(8-18-20)13-9-17-15(19-13)14(16)11-6-4-3-5-7-11/h3-10,14H,2,16H2,1H3,(H,17,19). The normalized spacial score (nSPS) is 12.5. The number of hydrogen-bond acceptors (Lipinski definition) is 3. The molecule has 0 bridgehead atoms. The summed E-state index contributed by atoms with van der Waals surface area (Å²) < 4.78 is 1.88. The number of imidazole rings is 1. The summed E-state index contributed by atoms with van der Waals surface area (Å²) in [6.45, 7) is 2.91. The minimum atomic E-state index is -0.244. The summed E-state index contributed by atoms with van der Waals surface area (Å²) in [7, 11) is 0. The number of nitrogens with one attached hydrogen (secondary N) is 1. The van der Waals surface area contributed by atoms with Gasteiger partial charge in [0.1, 0.15) is 5.82 Å². The molecule has 2 aromatic heterocycles. The molecule has 0 aliphatic heterocycles. The summed E-state index contributed by atoms with van der Waals surface area (Å²) in [6.07, 6.45) is 5.62. The topological polar surface area (TPSA) is 72.5 Å². The highest BCUT2D eigenvalue weighted by Crippen LogP contribution is 2.21. The third kappa shape index (κ3) is 2.35. The van der Waals surface area contributed by atoms with Crippen molar-refractivity contribution in [3.8, 4) is 11.3 Å². The van der Waals surface area contributed by atoms with Crippen LogP contribution in [-0.4, -0.2) is 19.7 Å². The van der Waals surface area contributed by atoms with Crippen molar-refractivity contribution in [2.75, 3.05) is 0 Å². The van der Waals surface area contributed by atoms with Crippen LogP contribution in [0.5, 0.6) is 0 Å².